The summed E-state index contributed by atoms with van der Waals surface area (Å²) in [7, 11) is 0. The second kappa shape index (κ2) is 6.80. The fraction of sp³-hybridized carbons (Fsp3) is 0.368. The zero-order chi connectivity index (χ0) is 18.1. The van der Waals surface area contributed by atoms with Crippen molar-refractivity contribution in [3.8, 4) is 17.0 Å². The fourth-order valence-electron chi connectivity index (χ4n) is 3.14. The van der Waals surface area contributed by atoms with E-state index in [2.05, 4.69) is 4.98 Å². The highest BCUT2D eigenvalue weighted by Gasteiger charge is 2.31. The van der Waals surface area contributed by atoms with Gasteiger partial charge in [-0.25, -0.2) is 9.37 Å². The topological polar surface area (TPSA) is 85.4 Å². The van der Waals surface area contributed by atoms with Crippen molar-refractivity contribution in [2.45, 2.75) is 32.8 Å². The number of amides is 1. The summed E-state index contributed by atoms with van der Waals surface area (Å²) in [5, 5.41) is 9.45. The average molecular weight is 344 g/mol. The number of benzene rings is 1. The van der Waals surface area contributed by atoms with Gasteiger partial charge >= 0.3 is 0 Å². The molecule has 3 rings (SSSR count). The first-order valence-corrected chi connectivity index (χ1v) is 8.34. The monoisotopic (exact) mass is 344 g/mol. The molecule has 0 unspecified atom stereocenters. The number of nitrogens with zero attached hydrogens (tertiary/aromatic N) is 1. The van der Waals surface area contributed by atoms with Gasteiger partial charge in [-0.05, 0) is 42.0 Å². The number of aliphatic hydroxyl groups is 1. The second-order valence-electron chi connectivity index (χ2n) is 6.39. The maximum atomic E-state index is 14.6. The molecule has 1 amide bonds. The van der Waals surface area contributed by atoms with Crippen molar-refractivity contribution in [3.63, 3.8) is 0 Å². The molecule has 1 aromatic carbocycles. The van der Waals surface area contributed by atoms with Crippen LogP contribution >= 0.6 is 0 Å². The molecule has 0 saturated heterocycles. The van der Waals surface area contributed by atoms with Crippen molar-refractivity contribution in [3.05, 3.63) is 46.9 Å². The van der Waals surface area contributed by atoms with Crippen LogP contribution in [0.25, 0.3) is 11.1 Å². The van der Waals surface area contributed by atoms with E-state index in [4.69, 9.17) is 10.5 Å². The number of nitrogens with two attached hydrogens (primary N) is 1. The van der Waals surface area contributed by atoms with Gasteiger partial charge in [-0.2, -0.15) is 0 Å². The Bertz CT molecular complexity index is 823. The Hall–Kier alpha value is -2.47. The molecule has 1 aliphatic heterocycles. The van der Waals surface area contributed by atoms with E-state index in [-0.39, 0.29) is 29.9 Å². The summed E-state index contributed by atoms with van der Waals surface area (Å²) in [6.45, 7) is 3.75. The first-order chi connectivity index (χ1) is 11.9. The van der Waals surface area contributed by atoms with E-state index in [1.54, 1.807) is 6.07 Å². The molecule has 6 heteroatoms. The molecule has 1 aliphatic rings. The van der Waals surface area contributed by atoms with Gasteiger partial charge in [0.05, 0.1) is 6.61 Å². The molecule has 0 fully saturated rings. The third-order valence-electron chi connectivity index (χ3n) is 4.67. The van der Waals surface area contributed by atoms with Gasteiger partial charge in [0.15, 0.2) is 0 Å². The molecule has 0 bridgehead atoms. The number of hydrogen-bond acceptors (Lipinski definition) is 4. The van der Waals surface area contributed by atoms with E-state index in [1.807, 2.05) is 19.9 Å². The van der Waals surface area contributed by atoms with E-state index in [1.165, 1.54) is 12.1 Å². The zero-order valence-electron chi connectivity index (χ0n) is 14.3. The first-order valence-electron chi connectivity index (χ1n) is 8.34. The minimum Gasteiger partial charge on any atom is -0.471 e. The van der Waals surface area contributed by atoms with Crippen molar-refractivity contribution < 1.29 is 19.0 Å². The van der Waals surface area contributed by atoms with Crippen molar-refractivity contribution in [2.75, 3.05) is 6.61 Å². The van der Waals surface area contributed by atoms with E-state index in [0.29, 0.717) is 17.5 Å². The van der Waals surface area contributed by atoms with Crippen LogP contribution in [0.4, 0.5) is 4.39 Å². The van der Waals surface area contributed by atoms with Gasteiger partial charge < -0.3 is 15.6 Å². The average Bonchev–Trinajstić information content (AvgIpc) is 2.60. The number of aromatic nitrogens is 1. The predicted octanol–water partition coefficient (Wildman–Crippen LogP) is 2.48. The number of ether oxygens (including phenoxy) is 1. The van der Waals surface area contributed by atoms with Crippen LogP contribution in [-0.4, -0.2) is 28.7 Å². The van der Waals surface area contributed by atoms with Gasteiger partial charge in [-0.3, -0.25) is 4.79 Å². The zero-order valence-corrected chi connectivity index (χ0v) is 14.3. The first kappa shape index (κ1) is 17.4. The van der Waals surface area contributed by atoms with Crippen LogP contribution < -0.4 is 10.5 Å². The largest absolute Gasteiger partial charge is 0.471 e. The quantitative estimate of drug-likeness (QED) is 0.892. The molecule has 0 radical (unpaired) electrons. The van der Waals surface area contributed by atoms with Crippen LogP contribution in [0.15, 0.2) is 24.3 Å². The lowest BCUT2D eigenvalue weighted by Crippen LogP contribution is -2.35. The highest BCUT2D eigenvalue weighted by molar-refractivity contribution is 5.93. The van der Waals surface area contributed by atoms with E-state index in [0.717, 1.165) is 17.5 Å². The maximum absolute atomic E-state index is 14.6. The molecule has 0 saturated carbocycles. The molecular formula is C19H21FN2O3. The summed E-state index contributed by atoms with van der Waals surface area (Å²) in [5.41, 5.74) is 7.95. The van der Waals surface area contributed by atoms with Crippen LogP contribution in [0.1, 0.15) is 35.5 Å². The molecule has 0 spiro atoms. The summed E-state index contributed by atoms with van der Waals surface area (Å²) in [5.74, 6) is -0.796. The minimum atomic E-state index is -0.711. The van der Waals surface area contributed by atoms with E-state index >= 15 is 0 Å². The number of primary amides is 1. The minimum absolute atomic E-state index is 0.0129. The molecular weight excluding hydrogens is 323 g/mol. The predicted molar refractivity (Wildman–Crippen MR) is 91.9 cm³/mol. The summed E-state index contributed by atoms with van der Waals surface area (Å²) in [6.07, 6.45) is 0.885. The number of pyridine rings is 1. The Morgan fingerprint density at radius 2 is 2.16 bits per heavy atom. The molecule has 5 nitrogen and oxygen atoms in total. The number of fused-ring (bicyclic) bond motifs is 1. The van der Waals surface area contributed by atoms with Crippen molar-refractivity contribution in [1.29, 1.82) is 0 Å². The Morgan fingerprint density at radius 1 is 1.40 bits per heavy atom. The Labute approximate surface area is 145 Å². The van der Waals surface area contributed by atoms with Gasteiger partial charge in [0.25, 0.3) is 5.91 Å². The van der Waals surface area contributed by atoms with Crippen molar-refractivity contribution in [1.82, 2.24) is 4.98 Å². The SMILES string of the molecule is CCc1ccc(-c2cc(C(N)=O)nc3c2C[C@@H](C)[C@H](CO)O3)c(F)c1. The lowest BCUT2D eigenvalue weighted by molar-refractivity contribution is 0.0561. The third-order valence-corrected chi connectivity index (χ3v) is 4.67. The van der Waals surface area contributed by atoms with Crippen LogP contribution in [0.3, 0.4) is 0 Å². The lowest BCUT2D eigenvalue weighted by atomic mass is 9.88. The van der Waals surface area contributed by atoms with Gasteiger partial charge in [0, 0.05) is 11.1 Å². The number of aryl methyl sites for hydroxylation is 1. The highest BCUT2D eigenvalue weighted by Crippen LogP contribution is 2.38. The van der Waals surface area contributed by atoms with E-state index in [9.17, 15) is 14.3 Å². The smallest absolute Gasteiger partial charge is 0.267 e. The molecule has 3 N–H and O–H groups in total. The molecule has 2 atom stereocenters. The number of rotatable bonds is 4. The van der Waals surface area contributed by atoms with Gasteiger partial charge in [0.1, 0.15) is 17.6 Å². The molecule has 2 heterocycles. The normalized spacial score (nSPS) is 19.2. The number of hydrogen-bond donors (Lipinski definition) is 2. The Kier molecular flexibility index (Phi) is 4.72. The van der Waals surface area contributed by atoms with Gasteiger partial charge in [-0.15, -0.1) is 0 Å². The molecule has 1 aromatic heterocycles. The van der Waals surface area contributed by atoms with Crippen molar-refractivity contribution in [2.24, 2.45) is 11.7 Å². The van der Waals surface area contributed by atoms with Crippen LogP contribution in [0, 0.1) is 11.7 Å². The lowest BCUT2D eigenvalue weighted by Gasteiger charge is -2.31. The van der Waals surface area contributed by atoms with Crippen LogP contribution in [0.5, 0.6) is 5.88 Å². The van der Waals surface area contributed by atoms with E-state index < -0.39 is 12.0 Å². The Morgan fingerprint density at radius 3 is 2.76 bits per heavy atom. The summed E-state index contributed by atoms with van der Waals surface area (Å²) < 4.78 is 20.4. The highest BCUT2D eigenvalue weighted by atomic mass is 19.1. The van der Waals surface area contributed by atoms with Gasteiger partial charge in [-0.1, -0.05) is 26.0 Å². The number of aliphatic hydroxyl groups excluding tert-OH is 1. The molecule has 25 heavy (non-hydrogen) atoms. The number of carbonyl (C=O) groups is 1. The molecule has 132 valence electrons. The standard InChI is InChI=1S/C19H21FN2O3/c1-3-11-4-5-12(15(20)7-11)13-8-16(18(21)24)22-19-14(13)6-10(2)17(9-23)25-19/h4-5,7-8,10,17,23H,3,6,9H2,1-2H3,(H2,21,24)/t10-,17+/m1/s1. The number of halogens is 1. The molecule has 0 aliphatic carbocycles. The van der Waals surface area contributed by atoms with Crippen molar-refractivity contribution >= 4 is 5.91 Å². The summed E-state index contributed by atoms with van der Waals surface area (Å²) in [4.78, 5) is 15.8. The van der Waals surface area contributed by atoms with Crippen LogP contribution in [-0.2, 0) is 12.8 Å². The Balaban J connectivity index is 2.19. The van der Waals surface area contributed by atoms with Gasteiger partial charge in [0.2, 0.25) is 5.88 Å². The number of carbonyl (C=O) groups excluding carboxylic acids is 1. The second-order valence-corrected chi connectivity index (χ2v) is 6.39. The fourth-order valence-corrected chi connectivity index (χ4v) is 3.14. The summed E-state index contributed by atoms with van der Waals surface area (Å²) >= 11 is 0. The third kappa shape index (κ3) is 3.22. The summed E-state index contributed by atoms with van der Waals surface area (Å²) in [6, 6.07) is 6.58. The maximum Gasteiger partial charge on any atom is 0.267 e. The molecule has 2 aromatic rings. The van der Waals surface area contributed by atoms with Crippen LogP contribution in [0.2, 0.25) is 0 Å².